The number of ether oxygens (including phenoxy) is 1. The predicted octanol–water partition coefficient (Wildman–Crippen LogP) is 5.26. The van der Waals surface area contributed by atoms with E-state index in [1.165, 1.54) is 23.5 Å². The number of halogens is 1. The van der Waals surface area contributed by atoms with Gasteiger partial charge in [-0.25, -0.2) is 4.39 Å². The molecule has 0 radical (unpaired) electrons. The number of hydrogen-bond acceptors (Lipinski definition) is 6. The van der Waals surface area contributed by atoms with Gasteiger partial charge >= 0.3 is 0 Å². The van der Waals surface area contributed by atoms with E-state index in [2.05, 4.69) is 15.5 Å². The van der Waals surface area contributed by atoms with Crippen molar-refractivity contribution in [1.82, 2.24) is 10.1 Å². The Morgan fingerprint density at radius 1 is 1.21 bits per heavy atom. The first-order valence-corrected chi connectivity index (χ1v) is 9.73. The summed E-state index contributed by atoms with van der Waals surface area (Å²) in [5, 5.41) is 8.59. The number of carbonyl (C=O) groups excluding carboxylic acids is 1. The molecule has 4 aromatic rings. The third-order valence-electron chi connectivity index (χ3n) is 4.04. The van der Waals surface area contributed by atoms with E-state index in [1.807, 2.05) is 12.3 Å². The number of nitrogens with one attached hydrogen (secondary N) is 1. The van der Waals surface area contributed by atoms with Crippen LogP contribution in [0.25, 0.3) is 22.2 Å². The number of thiophene rings is 1. The lowest BCUT2D eigenvalue weighted by Gasteiger charge is -2.06. The minimum absolute atomic E-state index is 0.251. The first kappa shape index (κ1) is 18.8. The van der Waals surface area contributed by atoms with E-state index in [0.717, 1.165) is 0 Å². The predicted molar refractivity (Wildman–Crippen MR) is 109 cm³/mol. The Labute approximate surface area is 170 Å². The van der Waals surface area contributed by atoms with Gasteiger partial charge in [0, 0.05) is 11.1 Å². The monoisotopic (exact) mass is 409 g/mol. The molecular weight excluding hydrogens is 393 g/mol. The van der Waals surface area contributed by atoms with Crippen molar-refractivity contribution >= 4 is 22.9 Å². The van der Waals surface area contributed by atoms with Crippen LogP contribution in [0.1, 0.15) is 17.3 Å². The van der Waals surface area contributed by atoms with Gasteiger partial charge in [-0.2, -0.15) is 4.98 Å². The fourth-order valence-electron chi connectivity index (χ4n) is 2.70. The number of nitrogens with zero attached hydrogens (tertiary/aromatic N) is 2. The second-order valence-corrected chi connectivity index (χ2v) is 6.92. The average Bonchev–Trinajstić information content (AvgIpc) is 3.38. The van der Waals surface area contributed by atoms with Crippen molar-refractivity contribution in [1.29, 1.82) is 0 Å². The van der Waals surface area contributed by atoms with E-state index in [1.54, 1.807) is 42.5 Å². The molecule has 2 aromatic carbocycles. The zero-order valence-electron chi connectivity index (χ0n) is 15.4. The van der Waals surface area contributed by atoms with E-state index in [4.69, 9.17) is 9.26 Å². The molecule has 0 saturated carbocycles. The summed E-state index contributed by atoms with van der Waals surface area (Å²) in [7, 11) is 0. The molecule has 0 atom stereocenters. The molecule has 4 rings (SSSR count). The second kappa shape index (κ2) is 8.24. The third-order valence-corrected chi connectivity index (χ3v) is 4.95. The number of amides is 1. The van der Waals surface area contributed by atoms with Gasteiger partial charge in [-0.05, 0) is 54.8 Å². The average molecular weight is 409 g/mol. The Bertz CT molecular complexity index is 1140. The molecule has 0 aliphatic rings. The van der Waals surface area contributed by atoms with Crippen LogP contribution < -0.4 is 10.1 Å². The van der Waals surface area contributed by atoms with Gasteiger partial charge in [-0.3, -0.25) is 4.79 Å². The summed E-state index contributed by atoms with van der Waals surface area (Å²) in [6, 6.07) is 14.6. The van der Waals surface area contributed by atoms with Crippen molar-refractivity contribution in [2.75, 3.05) is 11.9 Å². The van der Waals surface area contributed by atoms with Crippen LogP contribution in [0.4, 0.5) is 10.1 Å². The smallest absolute Gasteiger partial charge is 0.270 e. The van der Waals surface area contributed by atoms with E-state index in [9.17, 15) is 9.18 Å². The lowest BCUT2D eigenvalue weighted by molar-refractivity contribution is 0.102. The third kappa shape index (κ3) is 4.17. The quantitative estimate of drug-likeness (QED) is 0.470. The lowest BCUT2D eigenvalue weighted by atomic mass is 10.2. The van der Waals surface area contributed by atoms with Gasteiger partial charge in [0.1, 0.15) is 16.4 Å². The summed E-state index contributed by atoms with van der Waals surface area (Å²) in [6.07, 6.45) is 0. The number of benzene rings is 2. The zero-order valence-corrected chi connectivity index (χ0v) is 16.2. The first-order chi connectivity index (χ1) is 14.1. The Morgan fingerprint density at radius 3 is 2.79 bits per heavy atom. The normalized spacial score (nSPS) is 10.7. The molecule has 0 aliphatic carbocycles. The highest BCUT2D eigenvalue weighted by Crippen LogP contribution is 2.34. The van der Waals surface area contributed by atoms with Crippen LogP contribution in [0, 0.1) is 5.82 Å². The molecular formula is C21H16FN3O3S. The molecule has 6 nitrogen and oxygen atoms in total. The second-order valence-electron chi connectivity index (χ2n) is 6.01. The molecule has 29 heavy (non-hydrogen) atoms. The molecule has 2 aromatic heterocycles. The largest absolute Gasteiger partial charge is 0.494 e. The molecule has 146 valence electrons. The van der Waals surface area contributed by atoms with Crippen molar-refractivity contribution in [3.63, 3.8) is 0 Å². The highest BCUT2D eigenvalue weighted by atomic mass is 32.1. The maximum Gasteiger partial charge on any atom is 0.270 e. The zero-order chi connectivity index (χ0) is 20.2. The molecule has 1 N–H and O–H groups in total. The van der Waals surface area contributed by atoms with Crippen LogP contribution in [-0.4, -0.2) is 22.7 Å². The number of rotatable bonds is 6. The van der Waals surface area contributed by atoms with Crippen LogP contribution in [-0.2, 0) is 0 Å². The summed E-state index contributed by atoms with van der Waals surface area (Å²) in [5.74, 6) is 0.583. The summed E-state index contributed by atoms with van der Waals surface area (Å²) < 4.78 is 24.2. The van der Waals surface area contributed by atoms with Crippen molar-refractivity contribution in [3.05, 3.63) is 71.4 Å². The summed E-state index contributed by atoms with van der Waals surface area (Å²) in [5.41, 5.74) is 1.57. The van der Waals surface area contributed by atoms with Gasteiger partial charge in [0.15, 0.2) is 0 Å². The van der Waals surface area contributed by atoms with Crippen molar-refractivity contribution in [2.45, 2.75) is 6.92 Å². The highest BCUT2D eigenvalue weighted by Gasteiger charge is 2.18. The van der Waals surface area contributed by atoms with E-state index in [0.29, 0.717) is 34.0 Å². The fraction of sp³-hybridized carbons (Fsp3) is 0.0952. The number of anilines is 1. The van der Waals surface area contributed by atoms with Gasteiger partial charge in [-0.15, -0.1) is 11.3 Å². The molecule has 0 spiro atoms. The van der Waals surface area contributed by atoms with Gasteiger partial charge < -0.3 is 14.6 Å². The van der Waals surface area contributed by atoms with Crippen LogP contribution in [0.3, 0.4) is 0 Å². The fourth-order valence-corrected chi connectivity index (χ4v) is 3.47. The number of carbonyl (C=O) groups is 1. The van der Waals surface area contributed by atoms with Crippen LogP contribution in [0.2, 0.25) is 0 Å². The standard InChI is InChI=1S/C21H16FN3O3S/c1-2-27-16-8-6-13(7-9-16)20(26)23-17-10-11-29-18(17)21-24-19(25-28-21)14-4-3-5-15(22)12-14/h3-12H,2H2,1H3,(H,23,26). The van der Waals surface area contributed by atoms with E-state index < -0.39 is 0 Å². The van der Waals surface area contributed by atoms with Crippen molar-refractivity contribution in [2.24, 2.45) is 0 Å². The summed E-state index contributed by atoms with van der Waals surface area (Å²) in [6.45, 7) is 2.46. The minimum atomic E-state index is -0.381. The SMILES string of the molecule is CCOc1ccc(C(=O)Nc2ccsc2-c2nc(-c3cccc(F)c3)no2)cc1. The molecule has 0 saturated heterocycles. The Hall–Kier alpha value is -3.52. The van der Waals surface area contributed by atoms with Crippen molar-refractivity contribution < 1.29 is 18.4 Å². The maximum absolute atomic E-state index is 13.4. The van der Waals surface area contributed by atoms with Gasteiger partial charge in [0.25, 0.3) is 11.8 Å². The van der Waals surface area contributed by atoms with Crippen molar-refractivity contribution in [3.8, 4) is 27.9 Å². The Balaban J connectivity index is 1.54. The van der Waals surface area contributed by atoms with Gasteiger partial charge in [0.2, 0.25) is 5.82 Å². The number of hydrogen-bond donors (Lipinski definition) is 1. The van der Waals surface area contributed by atoms with Crippen LogP contribution in [0.5, 0.6) is 5.75 Å². The Morgan fingerprint density at radius 2 is 2.03 bits per heavy atom. The van der Waals surface area contributed by atoms with Crippen LogP contribution >= 0.6 is 11.3 Å². The highest BCUT2D eigenvalue weighted by molar-refractivity contribution is 7.14. The van der Waals surface area contributed by atoms with E-state index in [-0.39, 0.29) is 23.4 Å². The molecule has 8 heteroatoms. The summed E-state index contributed by atoms with van der Waals surface area (Å²) in [4.78, 5) is 17.5. The maximum atomic E-state index is 13.4. The lowest BCUT2D eigenvalue weighted by Crippen LogP contribution is -2.11. The molecule has 0 bridgehead atoms. The Kier molecular flexibility index (Phi) is 5.35. The van der Waals surface area contributed by atoms with Crippen LogP contribution in [0.15, 0.2) is 64.5 Å². The topological polar surface area (TPSA) is 77.2 Å². The molecule has 0 unspecified atom stereocenters. The molecule has 0 fully saturated rings. The molecule has 2 heterocycles. The molecule has 1 amide bonds. The van der Waals surface area contributed by atoms with Gasteiger partial charge in [0.05, 0.1) is 12.3 Å². The minimum Gasteiger partial charge on any atom is -0.494 e. The molecule has 0 aliphatic heterocycles. The van der Waals surface area contributed by atoms with E-state index >= 15 is 0 Å². The van der Waals surface area contributed by atoms with Gasteiger partial charge in [-0.1, -0.05) is 17.3 Å². The summed E-state index contributed by atoms with van der Waals surface area (Å²) >= 11 is 1.36. The first-order valence-electron chi connectivity index (χ1n) is 8.86. The number of aromatic nitrogens is 2.